The van der Waals surface area contributed by atoms with Crippen molar-refractivity contribution < 1.29 is 0 Å². The molecule has 6 unspecified atom stereocenters. The third-order valence-corrected chi connectivity index (χ3v) is 29.3. The van der Waals surface area contributed by atoms with Gasteiger partial charge in [-0.1, -0.05) is 242 Å². The molecule has 0 radical (unpaired) electrons. The fraction of sp³-hybridized carbons (Fsp3) is 0.257. The highest BCUT2D eigenvalue weighted by Gasteiger charge is 2.51. The van der Waals surface area contributed by atoms with E-state index in [2.05, 4.69) is 330 Å². The van der Waals surface area contributed by atoms with E-state index in [-0.39, 0.29) is 18.8 Å². The number of fused-ring (bicyclic) bond motifs is 10. The van der Waals surface area contributed by atoms with E-state index in [0.29, 0.717) is 23.7 Å². The number of anilines is 4. The van der Waals surface area contributed by atoms with Crippen molar-refractivity contribution in [2.75, 3.05) is 9.80 Å². The summed E-state index contributed by atoms with van der Waals surface area (Å²) in [6, 6.07) is 95.0. The van der Waals surface area contributed by atoms with E-state index in [1.54, 1.807) is 27.5 Å². The van der Waals surface area contributed by atoms with Gasteiger partial charge in [-0.05, 0) is 284 Å². The summed E-state index contributed by atoms with van der Waals surface area (Å²) in [5.41, 5.74) is 34.1. The molecule has 4 nitrogen and oxygen atoms in total. The van der Waals surface area contributed by atoms with Crippen molar-refractivity contribution in [2.45, 2.75) is 147 Å². The van der Waals surface area contributed by atoms with E-state index < -0.39 is 8.07 Å². The molecule has 4 heterocycles. The smallest absolute Gasteiger partial charge is 0.252 e. The molecule has 0 fully saturated rings. The summed E-state index contributed by atoms with van der Waals surface area (Å²) in [5.74, 6) is 1.69. The van der Waals surface area contributed by atoms with Gasteiger partial charge in [0.05, 0.1) is 42.2 Å². The van der Waals surface area contributed by atoms with Crippen LogP contribution in [-0.4, -0.2) is 36.0 Å². The van der Waals surface area contributed by atoms with E-state index >= 15 is 0 Å². The Kier molecular flexibility index (Phi) is 17.4. The van der Waals surface area contributed by atoms with Gasteiger partial charge in [-0.15, -0.1) is 0 Å². The topological polar surface area (TPSA) is 16.3 Å². The first kappa shape index (κ1) is 68.4. The lowest BCUT2D eigenvalue weighted by Gasteiger charge is -2.53. The maximum Gasteiger partial charge on any atom is 0.252 e. The lowest BCUT2D eigenvalue weighted by atomic mass is 9.33. The van der Waals surface area contributed by atoms with Gasteiger partial charge < -0.3 is 18.9 Å². The van der Waals surface area contributed by atoms with Crippen molar-refractivity contribution in [2.24, 2.45) is 23.7 Å². The first-order valence-corrected chi connectivity index (χ1v) is 45.7. The number of nitrogens with zero attached hydrogens (tertiary/aromatic N) is 4. The minimum atomic E-state index is -2.16. The quantitative estimate of drug-likeness (QED) is 0.0845. The largest absolute Gasteiger partial charge is 0.334 e. The zero-order valence-corrected chi connectivity index (χ0v) is 65.8. The maximum atomic E-state index is 3.10. The molecular weight excluding hydrogens is 1360 g/mol. The average molecular weight is 1460 g/mol. The lowest BCUT2D eigenvalue weighted by molar-refractivity contribution is 0.391. The van der Waals surface area contributed by atoms with Gasteiger partial charge in [0.2, 0.25) is 0 Å². The predicted octanol–water partition coefficient (Wildman–Crippen LogP) is 25.6. The molecule has 6 atom stereocenters. The number of hydrogen-bond donors (Lipinski definition) is 0. The van der Waals surface area contributed by atoms with Crippen LogP contribution in [-0.2, 0) is 0 Å². The molecule has 8 aliphatic rings. The third kappa shape index (κ3) is 11.9. The summed E-state index contributed by atoms with van der Waals surface area (Å²) in [4.78, 5) is 6.20. The van der Waals surface area contributed by atoms with E-state index in [9.17, 15) is 0 Å². The molecule has 0 saturated heterocycles. The van der Waals surface area contributed by atoms with E-state index in [4.69, 9.17) is 0 Å². The summed E-state index contributed by atoms with van der Waals surface area (Å²) in [7, 11) is -2.16. The molecule has 21 rings (SSSR count). The monoisotopic (exact) mass is 1450 g/mol. The van der Waals surface area contributed by atoms with Crippen LogP contribution in [0.4, 0.5) is 22.7 Å². The number of aromatic nitrogens is 2. The van der Waals surface area contributed by atoms with Crippen LogP contribution >= 0.6 is 0 Å². The lowest BCUT2D eigenvalue weighted by Crippen LogP contribution is -2.66. The molecule has 0 saturated carbocycles. The minimum absolute atomic E-state index is 0.0618. The van der Waals surface area contributed by atoms with Crippen LogP contribution in [0, 0.1) is 23.7 Å². The molecule has 6 heteroatoms. The molecule has 0 spiro atoms. The molecule has 0 N–H and O–H groups in total. The van der Waals surface area contributed by atoms with Crippen LogP contribution < -0.4 is 31.4 Å². The number of hydrogen-bond acceptors (Lipinski definition) is 2. The Hall–Kier alpha value is -10.7. The van der Waals surface area contributed by atoms with Gasteiger partial charge in [-0.2, -0.15) is 0 Å². The van der Waals surface area contributed by atoms with Crippen LogP contribution in [0.3, 0.4) is 0 Å². The first-order chi connectivity index (χ1) is 54.7. The molecule has 0 amide bonds. The number of benzene rings is 11. The second-order valence-corrected chi connectivity index (χ2v) is 39.7. The summed E-state index contributed by atoms with van der Waals surface area (Å²) in [6.07, 6.45) is 42.4. The predicted molar refractivity (Wildman–Crippen MR) is 477 cm³/mol. The van der Waals surface area contributed by atoms with Gasteiger partial charge in [0.1, 0.15) is 0 Å². The standard InChI is InChI=1S/C105H99BN4Si/c1-111(2,3)84-68-101-103-102(69-84)110(105-87(76-42-24-10-25-43-76)48-29-49-88(105)77-44-26-11-27-45-77)100-67-83(108-97-60-52-80(72-34-16-6-17-35-72)64-91(97)92-65-81(53-61-98(92)108)73-36-18-7-19-37-73)55-57-94(100)106(103)93-56-54-82(66-99(93)109(101)104-85(74-38-20-8-21-39-74)46-28-47-86(104)75-40-22-9-23-41-75)107-95-58-50-78(70-30-12-4-13-31-70)62-89(95)90-63-79(51-59-96(90)107)71-32-14-5-15-33-71/h4-8,10,12-20,24,30-37,40,44,46,48,50-69,74,76,86,88,104-105H,9,11,21-23,25-29,38-39,41-43,45,47,49H2,1-3H3. The summed E-state index contributed by atoms with van der Waals surface area (Å²) >= 11 is 0. The molecule has 0 bridgehead atoms. The molecule has 6 aliphatic carbocycles. The molecule has 111 heavy (non-hydrogen) atoms. The minimum Gasteiger partial charge on any atom is -0.334 e. The summed E-state index contributed by atoms with van der Waals surface area (Å²) < 4.78 is 5.29. The van der Waals surface area contributed by atoms with Crippen molar-refractivity contribution in [1.29, 1.82) is 0 Å². The second kappa shape index (κ2) is 28.3. The van der Waals surface area contributed by atoms with Gasteiger partial charge in [-0.3, -0.25) is 0 Å². The molecule has 2 aromatic heterocycles. The molecular formula is C105H99BN4Si. The zero-order valence-electron chi connectivity index (χ0n) is 64.8. The van der Waals surface area contributed by atoms with Crippen LogP contribution in [0.5, 0.6) is 0 Å². The number of rotatable bonds is 13. The van der Waals surface area contributed by atoms with E-state index in [0.717, 1.165) is 51.4 Å². The third-order valence-electron chi connectivity index (χ3n) is 27.3. The van der Waals surface area contributed by atoms with Gasteiger partial charge >= 0.3 is 0 Å². The molecule has 2 aliphatic heterocycles. The SMILES string of the molecule is C[Si](C)(C)c1cc2c3c(c1)N(C1C(C4CC=CCC4)=CCCC1C1=CCCCC1)c1cc(-n4c5ccc(-c6ccccc6)cc5c5cc(-c6ccccc6)ccc54)ccc1B3c1ccc(-n3c4ccc(-c5ccccc5)cc4c4cc(-c5ccccc5)ccc43)cc1N2C1C(C2CC=CCC2)=CCCC1C1=CCCCC1. The Labute approximate surface area is 657 Å². The van der Waals surface area contributed by atoms with E-state index in [1.165, 1.54) is 203 Å². The summed E-state index contributed by atoms with van der Waals surface area (Å²) in [6.45, 7) is 7.87. The van der Waals surface area contributed by atoms with Crippen LogP contribution in [0.2, 0.25) is 19.6 Å². The number of allylic oxidation sites excluding steroid dienone is 8. The highest BCUT2D eigenvalue weighted by Crippen LogP contribution is 2.53. The van der Waals surface area contributed by atoms with Crippen molar-refractivity contribution in [3.8, 4) is 55.9 Å². The van der Waals surface area contributed by atoms with Gasteiger partial charge in [0, 0.05) is 67.5 Å². The van der Waals surface area contributed by atoms with Gasteiger partial charge in [0.25, 0.3) is 6.71 Å². The highest BCUT2D eigenvalue weighted by molar-refractivity contribution is 7.00. The van der Waals surface area contributed by atoms with Crippen molar-refractivity contribution in [3.05, 3.63) is 314 Å². The second-order valence-electron chi connectivity index (χ2n) is 34.6. The Morgan fingerprint density at radius 2 is 0.703 bits per heavy atom. The normalized spacial score (nSPS) is 21.1. The highest BCUT2D eigenvalue weighted by atomic mass is 28.3. The van der Waals surface area contributed by atoms with Crippen LogP contribution in [0.15, 0.2) is 314 Å². The Balaban J connectivity index is 0.861. The van der Waals surface area contributed by atoms with Gasteiger partial charge in [-0.25, -0.2) is 0 Å². The average Bonchev–Trinajstić information content (AvgIpc) is 1.24. The van der Waals surface area contributed by atoms with Crippen molar-refractivity contribution >= 4 is 103 Å². The van der Waals surface area contributed by atoms with Crippen molar-refractivity contribution in [1.82, 2.24) is 9.13 Å². The fourth-order valence-corrected chi connectivity index (χ4v) is 23.0. The Morgan fingerprint density at radius 3 is 1.04 bits per heavy atom. The maximum absolute atomic E-state index is 3.10. The summed E-state index contributed by atoms with van der Waals surface area (Å²) in [5, 5.41) is 6.65. The first-order valence-electron chi connectivity index (χ1n) is 42.2. The van der Waals surface area contributed by atoms with E-state index in [1.807, 2.05) is 0 Å². The molecule has 11 aromatic carbocycles. The van der Waals surface area contributed by atoms with Crippen LogP contribution in [0.1, 0.15) is 116 Å². The Morgan fingerprint density at radius 1 is 0.324 bits per heavy atom. The molecule has 13 aromatic rings. The zero-order chi connectivity index (χ0) is 73.8. The fourth-order valence-electron chi connectivity index (χ4n) is 21.9. The van der Waals surface area contributed by atoms with Crippen molar-refractivity contribution in [3.63, 3.8) is 0 Å². The van der Waals surface area contributed by atoms with Gasteiger partial charge in [0.15, 0.2) is 0 Å². The van der Waals surface area contributed by atoms with Crippen LogP contribution in [0.25, 0.3) is 99.5 Å². The Bertz CT molecular complexity index is 5470. The molecule has 546 valence electrons.